The highest BCUT2D eigenvalue weighted by Crippen LogP contribution is 2.28. The standard InChI is InChI=1S/C14H27N3O.HI/c1-11-10-13(11)17-14(15-2)16-8-5-9-18-12-6-3-4-7-12;/h11-13H,3-10H2,1-2H3,(H2,15,16,17);1H. The summed E-state index contributed by atoms with van der Waals surface area (Å²) in [5.74, 6) is 1.74. The molecule has 0 aromatic carbocycles. The molecule has 0 radical (unpaired) electrons. The molecule has 2 rings (SSSR count). The molecule has 0 bridgehead atoms. The van der Waals surface area contributed by atoms with E-state index in [4.69, 9.17) is 4.74 Å². The second-order valence-electron chi connectivity index (χ2n) is 5.59. The zero-order chi connectivity index (χ0) is 12.8. The Morgan fingerprint density at radius 2 is 2.00 bits per heavy atom. The molecule has 0 aliphatic heterocycles. The van der Waals surface area contributed by atoms with Gasteiger partial charge in [-0.15, -0.1) is 24.0 Å². The van der Waals surface area contributed by atoms with Crippen LogP contribution in [0.3, 0.4) is 0 Å². The molecule has 0 saturated heterocycles. The summed E-state index contributed by atoms with van der Waals surface area (Å²) in [5, 5.41) is 6.77. The summed E-state index contributed by atoms with van der Waals surface area (Å²) < 4.78 is 5.83. The Labute approximate surface area is 134 Å². The first-order valence-electron chi connectivity index (χ1n) is 7.38. The molecular weight excluding hydrogens is 353 g/mol. The fourth-order valence-corrected chi connectivity index (χ4v) is 2.48. The fraction of sp³-hybridized carbons (Fsp3) is 0.929. The molecule has 0 amide bonds. The lowest BCUT2D eigenvalue weighted by Gasteiger charge is -2.13. The van der Waals surface area contributed by atoms with Gasteiger partial charge in [-0.1, -0.05) is 19.8 Å². The number of hydrogen-bond acceptors (Lipinski definition) is 2. The van der Waals surface area contributed by atoms with Gasteiger partial charge in [-0.25, -0.2) is 0 Å². The van der Waals surface area contributed by atoms with E-state index in [0.29, 0.717) is 12.1 Å². The lowest BCUT2D eigenvalue weighted by molar-refractivity contribution is 0.0574. The number of nitrogens with one attached hydrogen (secondary N) is 2. The van der Waals surface area contributed by atoms with Gasteiger partial charge in [-0.05, 0) is 31.6 Å². The molecule has 2 N–H and O–H groups in total. The summed E-state index contributed by atoms with van der Waals surface area (Å²) in [4.78, 5) is 4.23. The summed E-state index contributed by atoms with van der Waals surface area (Å²) in [5.41, 5.74) is 0. The van der Waals surface area contributed by atoms with Crippen LogP contribution in [0.15, 0.2) is 4.99 Å². The van der Waals surface area contributed by atoms with Gasteiger partial charge < -0.3 is 15.4 Å². The van der Waals surface area contributed by atoms with Crippen LogP contribution >= 0.6 is 24.0 Å². The molecule has 5 heteroatoms. The highest BCUT2D eigenvalue weighted by Gasteiger charge is 2.33. The van der Waals surface area contributed by atoms with Crippen molar-refractivity contribution in [3.63, 3.8) is 0 Å². The van der Waals surface area contributed by atoms with Crippen LogP contribution in [-0.2, 0) is 4.74 Å². The number of nitrogens with zero attached hydrogens (tertiary/aromatic N) is 1. The monoisotopic (exact) mass is 381 g/mol. The van der Waals surface area contributed by atoms with Gasteiger partial charge in [0.2, 0.25) is 0 Å². The third-order valence-corrected chi connectivity index (χ3v) is 3.92. The van der Waals surface area contributed by atoms with Crippen LogP contribution in [-0.4, -0.2) is 38.3 Å². The van der Waals surface area contributed by atoms with E-state index in [0.717, 1.165) is 31.4 Å². The number of rotatable bonds is 6. The minimum absolute atomic E-state index is 0. The zero-order valence-corrected chi connectivity index (χ0v) is 14.5. The predicted octanol–water partition coefficient (Wildman–Crippen LogP) is 2.53. The number of guanidine groups is 1. The third-order valence-electron chi connectivity index (χ3n) is 3.92. The molecule has 0 heterocycles. The second kappa shape index (κ2) is 9.00. The van der Waals surface area contributed by atoms with Crippen LogP contribution in [0.1, 0.15) is 45.4 Å². The Hall–Kier alpha value is -0.0400. The van der Waals surface area contributed by atoms with E-state index >= 15 is 0 Å². The minimum atomic E-state index is 0. The van der Waals surface area contributed by atoms with Crippen LogP contribution < -0.4 is 10.6 Å². The average molecular weight is 381 g/mol. The summed E-state index contributed by atoms with van der Waals surface area (Å²) in [7, 11) is 1.83. The molecule has 112 valence electrons. The second-order valence-corrected chi connectivity index (χ2v) is 5.59. The molecule has 0 aromatic rings. The Kier molecular flexibility index (Phi) is 8.06. The molecule has 2 aliphatic carbocycles. The Morgan fingerprint density at radius 3 is 2.58 bits per heavy atom. The van der Waals surface area contributed by atoms with Crippen molar-refractivity contribution in [3.05, 3.63) is 0 Å². The third kappa shape index (κ3) is 6.29. The Bertz CT molecular complexity index is 280. The van der Waals surface area contributed by atoms with Gasteiger partial charge in [0.05, 0.1) is 6.10 Å². The molecule has 2 saturated carbocycles. The van der Waals surface area contributed by atoms with Crippen molar-refractivity contribution in [1.29, 1.82) is 0 Å². The number of halogens is 1. The lowest BCUT2D eigenvalue weighted by Crippen LogP contribution is -2.39. The summed E-state index contributed by atoms with van der Waals surface area (Å²) in [6.07, 6.45) is 8.07. The van der Waals surface area contributed by atoms with Crippen LogP contribution in [0.25, 0.3) is 0 Å². The van der Waals surface area contributed by atoms with E-state index in [9.17, 15) is 0 Å². The minimum Gasteiger partial charge on any atom is -0.378 e. The predicted molar refractivity (Wildman–Crippen MR) is 90.3 cm³/mol. The summed E-state index contributed by atoms with van der Waals surface area (Å²) in [6.45, 7) is 4.07. The fourth-order valence-electron chi connectivity index (χ4n) is 2.48. The van der Waals surface area contributed by atoms with Gasteiger partial charge in [0.1, 0.15) is 0 Å². The van der Waals surface area contributed by atoms with E-state index in [1.807, 2.05) is 7.05 Å². The van der Waals surface area contributed by atoms with Crippen molar-refractivity contribution in [2.45, 2.75) is 57.6 Å². The van der Waals surface area contributed by atoms with Crippen LogP contribution in [0.4, 0.5) is 0 Å². The largest absolute Gasteiger partial charge is 0.378 e. The lowest BCUT2D eigenvalue weighted by atomic mass is 10.3. The van der Waals surface area contributed by atoms with E-state index in [2.05, 4.69) is 22.5 Å². The van der Waals surface area contributed by atoms with E-state index < -0.39 is 0 Å². The Balaban J connectivity index is 0.00000180. The normalized spacial score (nSPS) is 26.9. The maximum atomic E-state index is 5.83. The smallest absolute Gasteiger partial charge is 0.191 e. The highest BCUT2D eigenvalue weighted by molar-refractivity contribution is 14.0. The SMILES string of the molecule is CN=C(NCCCOC1CCCC1)NC1CC1C.I. The van der Waals surface area contributed by atoms with Crippen LogP contribution in [0.5, 0.6) is 0 Å². The van der Waals surface area contributed by atoms with Crippen molar-refractivity contribution < 1.29 is 4.74 Å². The first kappa shape index (κ1) is 17.0. The van der Waals surface area contributed by atoms with Crippen LogP contribution in [0.2, 0.25) is 0 Å². The van der Waals surface area contributed by atoms with Gasteiger partial charge in [-0.2, -0.15) is 0 Å². The first-order valence-corrected chi connectivity index (χ1v) is 7.38. The number of ether oxygens (including phenoxy) is 1. The van der Waals surface area contributed by atoms with Crippen LogP contribution in [0, 0.1) is 5.92 Å². The van der Waals surface area contributed by atoms with Gasteiger partial charge in [-0.3, -0.25) is 4.99 Å². The van der Waals surface area contributed by atoms with Crippen molar-refractivity contribution in [2.75, 3.05) is 20.2 Å². The molecule has 4 nitrogen and oxygen atoms in total. The highest BCUT2D eigenvalue weighted by atomic mass is 127. The molecule has 0 spiro atoms. The van der Waals surface area contributed by atoms with Crippen molar-refractivity contribution in [2.24, 2.45) is 10.9 Å². The number of aliphatic imine (C=N–C) groups is 1. The quantitative estimate of drug-likeness (QED) is 0.322. The van der Waals surface area contributed by atoms with Gasteiger partial charge in [0.15, 0.2) is 5.96 Å². The zero-order valence-electron chi connectivity index (χ0n) is 12.2. The Morgan fingerprint density at radius 1 is 1.32 bits per heavy atom. The summed E-state index contributed by atoms with van der Waals surface area (Å²) in [6, 6.07) is 0.630. The van der Waals surface area contributed by atoms with E-state index in [1.54, 1.807) is 0 Å². The van der Waals surface area contributed by atoms with Crippen molar-refractivity contribution in [1.82, 2.24) is 10.6 Å². The number of hydrogen-bond donors (Lipinski definition) is 2. The van der Waals surface area contributed by atoms with Gasteiger partial charge >= 0.3 is 0 Å². The van der Waals surface area contributed by atoms with Crippen molar-refractivity contribution >= 4 is 29.9 Å². The first-order chi connectivity index (χ1) is 8.79. The van der Waals surface area contributed by atoms with E-state index in [1.165, 1.54) is 32.1 Å². The molecule has 2 fully saturated rings. The van der Waals surface area contributed by atoms with Crippen molar-refractivity contribution in [3.8, 4) is 0 Å². The van der Waals surface area contributed by atoms with Gasteiger partial charge in [0, 0.05) is 26.2 Å². The van der Waals surface area contributed by atoms with Gasteiger partial charge in [0.25, 0.3) is 0 Å². The molecule has 19 heavy (non-hydrogen) atoms. The summed E-state index contributed by atoms with van der Waals surface area (Å²) >= 11 is 0. The molecule has 2 unspecified atom stereocenters. The molecule has 2 aliphatic rings. The molecular formula is C14H28IN3O. The average Bonchev–Trinajstić information content (AvgIpc) is 2.86. The molecule has 2 atom stereocenters. The maximum Gasteiger partial charge on any atom is 0.191 e. The van der Waals surface area contributed by atoms with E-state index in [-0.39, 0.29) is 24.0 Å². The molecule has 0 aromatic heterocycles. The topological polar surface area (TPSA) is 45.7 Å². The maximum absolute atomic E-state index is 5.83.